The Kier molecular flexibility index (Phi) is 12.1. The third-order valence-corrected chi connectivity index (χ3v) is 20.8. The van der Waals surface area contributed by atoms with Crippen LogP contribution in [0.15, 0.2) is 12.1 Å². The lowest BCUT2D eigenvalue weighted by atomic mass is 9.94. The average molecular weight is 654 g/mol. The molecule has 1 aromatic carbocycles. The summed E-state index contributed by atoms with van der Waals surface area (Å²) in [5.41, 5.74) is 0.883. The van der Waals surface area contributed by atoms with Gasteiger partial charge in [-0.3, -0.25) is 0 Å². The minimum Gasteiger partial charge on any atom is -0.496 e. The number of amides is 1. The Bertz CT molecular complexity index is 1100. The SMILES string of the molecule is CCN(CC)C(=O)Oc1cc([C@H]2C[C@@H](O[Si](C)(C)C(C)(C)C)[C@H](O[Si](C)(C)C(C)(C)C)[C@@H](C)O2)c(OC)cc1[Si](C)(C)C. The van der Waals surface area contributed by atoms with E-state index in [1.807, 2.05) is 19.9 Å². The van der Waals surface area contributed by atoms with Crippen LogP contribution in [0.25, 0.3) is 0 Å². The van der Waals surface area contributed by atoms with Gasteiger partial charge < -0.3 is 28.0 Å². The van der Waals surface area contributed by atoms with Gasteiger partial charge in [-0.15, -0.1) is 0 Å². The lowest BCUT2D eigenvalue weighted by Gasteiger charge is -2.50. The van der Waals surface area contributed by atoms with Crippen LogP contribution in [0.2, 0.25) is 55.9 Å². The van der Waals surface area contributed by atoms with Crippen molar-refractivity contribution in [3.05, 3.63) is 17.7 Å². The van der Waals surface area contributed by atoms with Crippen LogP contribution in [0.3, 0.4) is 0 Å². The largest absolute Gasteiger partial charge is 0.496 e. The zero-order chi connectivity index (χ0) is 33.3. The molecule has 1 aromatic rings. The molecular weight excluding hydrogens is 591 g/mol. The minimum atomic E-state index is -2.15. The van der Waals surface area contributed by atoms with Crippen LogP contribution >= 0.6 is 0 Å². The van der Waals surface area contributed by atoms with E-state index in [-0.39, 0.29) is 40.6 Å². The topological polar surface area (TPSA) is 66.5 Å². The van der Waals surface area contributed by atoms with Gasteiger partial charge in [-0.1, -0.05) is 61.2 Å². The number of carbonyl (C=O) groups is 1. The maximum Gasteiger partial charge on any atom is 0.415 e. The molecule has 43 heavy (non-hydrogen) atoms. The summed E-state index contributed by atoms with van der Waals surface area (Å²) < 4.78 is 33.2. The summed E-state index contributed by atoms with van der Waals surface area (Å²) in [6.45, 7) is 36.8. The van der Waals surface area contributed by atoms with Gasteiger partial charge in [0.2, 0.25) is 0 Å². The van der Waals surface area contributed by atoms with Crippen LogP contribution in [0.5, 0.6) is 11.5 Å². The molecule has 10 heteroatoms. The van der Waals surface area contributed by atoms with Crippen molar-refractivity contribution in [3.8, 4) is 11.5 Å². The Morgan fingerprint density at radius 1 is 0.884 bits per heavy atom. The van der Waals surface area contributed by atoms with Crippen molar-refractivity contribution in [2.24, 2.45) is 0 Å². The number of hydrogen-bond acceptors (Lipinski definition) is 6. The Balaban J connectivity index is 2.65. The number of rotatable bonds is 10. The molecule has 0 unspecified atom stereocenters. The Morgan fingerprint density at radius 2 is 1.40 bits per heavy atom. The van der Waals surface area contributed by atoms with Crippen molar-refractivity contribution in [3.63, 3.8) is 0 Å². The van der Waals surface area contributed by atoms with E-state index >= 15 is 0 Å². The molecule has 2 rings (SSSR count). The first-order valence-electron chi connectivity index (χ1n) is 16.1. The second kappa shape index (κ2) is 13.7. The highest BCUT2D eigenvalue weighted by atomic mass is 28.4. The van der Waals surface area contributed by atoms with Gasteiger partial charge >= 0.3 is 6.09 Å². The second-order valence-electron chi connectivity index (χ2n) is 16.2. The predicted octanol–water partition coefficient (Wildman–Crippen LogP) is 8.71. The number of methoxy groups -OCH3 is 1. The van der Waals surface area contributed by atoms with Gasteiger partial charge in [0, 0.05) is 25.1 Å². The molecule has 1 amide bonds. The molecule has 0 N–H and O–H groups in total. The number of ether oxygens (including phenoxy) is 3. The highest BCUT2D eigenvalue weighted by Gasteiger charge is 2.49. The van der Waals surface area contributed by atoms with Crippen molar-refractivity contribution in [1.29, 1.82) is 0 Å². The molecule has 7 nitrogen and oxygen atoms in total. The van der Waals surface area contributed by atoms with E-state index in [9.17, 15) is 4.79 Å². The van der Waals surface area contributed by atoms with Gasteiger partial charge in [0.1, 0.15) is 11.5 Å². The van der Waals surface area contributed by atoms with Gasteiger partial charge in [-0.25, -0.2) is 4.79 Å². The molecule has 0 spiro atoms. The van der Waals surface area contributed by atoms with E-state index in [1.165, 1.54) is 0 Å². The number of hydrogen-bond donors (Lipinski definition) is 0. The van der Waals surface area contributed by atoms with Crippen LogP contribution in [0, 0.1) is 0 Å². The Hall–Kier alpha value is -1.18. The minimum absolute atomic E-state index is 0.0496. The van der Waals surface area contributed by atoms with E-state index < -0.39 is 24.7 Å². The van der Waals surface area contributed by atoms with E-state index in [0.717, 1.165) is 16.5 Å². The van der Waals surface area contributed by atoms with Crippen molar-refractivity contribution in [2.45, 2.75) is 149 Å². The van der Waals surface area contributed by atoms with Crippen molar-refractivity contribution in [2.75, 3.05) is 20.2 Å². The average Bonchev–Trinajstić information content (AvgIpc) is 2.84. The maximum atomic E-state index is 13.1. The van der Waals surface area contributed by atoms with E-state index in [4.69, 9.17) is 23.1 Å². The Morgan fingerprint density at radius 3 is 1.84 bits per heavy atom. The van der Waals surface area contributed by atoms with Crippen LogP contribution in [0.4, 0.5) is 4.79 Å². The van der Waals surface area contributed by atoms with Gasteiger partial charge in [0.25, 0.3) is 0 Å². The van der Waals surface area contributed by atoms with Gasteiger partial charge in [-0.05, 0) is 74.4 Å². The molecule has 0 aliphatic carbocycles. The summed E-state index contributed by atoms with van der Waals surface area (Å²) in [6.07, 6.45) is -0.542. The summed E-state index contributed by atoms with van der Waals surface area (Å²) in [4.78, 5) is 14.8. The van der Waals surface area contributed by atoms with Gasteiger partial charge in [0.05, 0.1) is 39.6 Å². The zero-order valence-corrected chi connectivity index (χ0v) is 33.5. The summed E-state index contributed by atoms with van der Waals surface area (Å²) >= 11 is 0. The molecule has 1 aliphatic heterocycles. The normalized spacial score (nSPS) is 22.3. The summed E-state index contributed by atoms with van der Waals surface area (Å²) in [5, 5.41) is 1.16. The first-order valence-corrected chi connectivity index (χ1v) is 25.4. The third-order valence-electron chi connectivity index (χ3n) is 9.85. The van der Waals surface area contributed by atoms with E-state index in [2.05, 4.69) is 100 Å². The van der Waals surface area contributed by atoms with Gasteiger partial charge in [-0.2, -0.15) is 0 Å². The molecule has 1 fully saturated rings. The number of benzene rings is 1. The molecular formula is C33H63NO6Si3. The van der Waals surface area contributed by atoms with E-state index in [0.29, 0.717) is 25.3 Å². The highest BCUT2D eigenvalue weighted by molar-refractivity contribution is 6.89. The second-order valence-corrected chi connectivity index (χ2v) is 30.8. The molecule has 248 valence electrons. The number of nitrogens with zero attached hydrogens (tertiary/aromatic N) is 1. The van der Waals surface area contributed by atoms with Crippen molar-refractivity contribution in [1.82, 2.24) is 4.90 Å². The first kappa shape index (κ1) is 38.0. The molecule has 0 saturated carbocycles. The van der Waals surface area contributed by atoms with Crippen LogP contribution in [-0.4, -0.2) is 74.2 Å². The van der Waals surface area contributed by atoms with Gasteiger partial charge in [0.15, 0.2) is 16.6 Å². The molecule has 0 radical (unpaired) electrons. The monoisotopic (exact) mass is 653 g/mol. The molecule has 1 saturated heterocycles. The van der Waals surface area contributed by atoms with Crippen molar-refractivity contribution >= 4 is 36.0 Å². The lowest BCUT2D eigenvalue weighted by molar-refractivity contribution is -0.154. The molecule has 0 bridgehead atoms. The molecule has 1 aliphatic rings. The Labute approximate surface area is 266 Å². The molecule has 1 heterocycles. The molecule has 0 aromatic heterocycles. The summed E-state index contributed by atoms with van der Waals surface area (Å²) in [6, 6.07) is 4.06. The highest BCUT2D eigenvalue weighted by Crippen LogP contribution is 2.46. The molecule has 4 atom stereocenters. The van der Waals surface area contributed by atoms with Crippen molar-refractivity contribution < 1.29 is 27.9 Å². The number of carbonyl (C=O) groups excluding carboxylic acids is 1. The predicted molar refractivity (Wildman–Crippen MR) is 187 cm³/mol. The van der Waals surface area contributed by atoms with Crippen LogP contribution < -0.4 is 14.7 Å². The maximum absolute atomic E-state index is 13.1. The summed E-state index contributed by atoms with van der Waals surface area (Å²) in [7, 11) is -4.47. The quantitative estimate of drug-likeness (QED) is 0.235. The van der Waals surface area contributed by atoms with Crippen LogP contribution in [-0.2, 0) is 13.6 Å². The fourth-order valence-corrected chi connectivity index (χ4v) is 9.06. The third kappa shape index (κ3) is 8.97. The smallest absolute Gasteiger partial charge is 0.415 e. The first-order chi connectivity index (χ1) is 19.4. The summed E-state index contributed by atoms with van der Waals surface area (Å²) in [5.74, 6) is 1.36. The fraction of sp³-hybridized carbons (Fsp3) is 0.788. The van der Waals surface area contributed by atoms with E-state index in [1.54, 1.807) is 12.0 Å². The lowest BCUT2D eigenvalue weighted by Crippen LogP contribution is -2.57. The zero-order valence-electron chi connectivity index (χ0n) is 30.5. The standard InChI is InChI=1S/C33H63NO6Si3/c1-18-34(19-2)31(35)38-27-20-24(25(36-10)22-29(27)41(11,12)13)26-21-28(39-42(14,15)32(4,5)6)30(23(3)37-26)40-43(16,17)33(7,8)9/h20,22-23,26,28,30H,18-19,21H2,1-17H3/t23-,26-,28-,30-/m1/s1. The van der Waals surface area contributed by atoms with Crippen LogP contribution in [0.1, 0.15) is 80.4 Å². The fourth-order valence-electron chi connectivity index (χ4n) is 4.91.